The van der Waals surface area contributed by atoms with E-state index in [9.17, 15) is 0 Å². The fourth-order valence-corrected chi connectivity index (χ4v) is 1.85. The van der Waals surface area contributed by atoms with Crippen LogP contribution in [-0.4, -0.2) is 24.2 Å². The summed E-state index contributed by atoms with van der Waals surface area (Å²) < 4.78 is 5.93. The van der Waals surface area contributed by atoms with Crippen molar-refractivity contribution in [1.82, 2.24) is 5.32 Å². The summed E-state index contributed by atoms with van der Waals surface area (Å²) in [7, 11) is 0. The molecule has 0 amide bonds. The second kappa shape index (κ2) is 8.62. The molecule has 0 aliphatic rings. The van der Waals surface area contributed by atoms with Crippen LogP contribution in [0.3, 0.4) is 0 Å². The third-order valence-corrected chi connectivity index (χ3v) is 2.78. The molecule has 0 aromatic heterocycles. The van der Waals surface area contributed by atoms with Crippen molar-refractivity contribution in [3.63, 3.8) is 0 Å². The first kappa shape index (κ1) is 16.5. The Hall–Kier alpha value is -1.51. The Morgan fingerprint density at radius 1 is 1.10 bits per heavy atom. The third kappa shape index (κ3) is 7.17. The summed E-state index contributed by atoms with van der Waals surface area (Å²) in [5.41, 5.74) is 1.35. The number of nitrogens with zero attached hydrogens (tertiary/aromatic N) is 1. The van der Waals surface area contributed by atoms with Gasteiger partial charge in [-0.2, -0.15) is 0 Å². The van der Waals surface area contributed by atoms with Crippen LogP contribution in [0.1, 0.15) is 46.6 Å². The van der Waals surface area contributed by atoms with Gasteiger partial charge >= 0.3 is 0 Å². The normalized spacial score (nSPS) is 13.7. The first-order valence-corrected chi connectivity index (χ1v) is 7.52. The van der Waals surface area contributed by atoms with Crippen molar-refractivity contribution in [2.45, 2.75) is 65.6 Å². The van der Waals surface area contributed by atoms with E-state index < -0.39 is 0 Å². The van der Waals surface area contributed by atoms with Crippen molar-refractivity contribution in [2.24, 2.45) is 4.99 Å². The standard InChI is InChI=1S/C17H28N2O/c1-13(2)18-17(19-14(3)4)20-15(5)11-12-16-9-7-6-8-10-16/h6-10,13-15H,11-12H2,1-5H3,(H,18,19). The van der Waals surface area contributed by atoms with E-state index in [0.29, 0.717) is 12.1 Å². The highest BCUT2D eigenvalue weighted by Gasteiger charge is 2.10. The van der Waals surface area contributed by atoms with Gasteiger partial charge in [0.05, 0.1) is 6.10 Å². The third-order valence-electron chi connectivity index (χ3n) is 2.78. The van der Waals surface area contributed by atoms with Crippen LogP contribution in [0.15, 0.2) is 35.3 Å². The highest BCUT2D eigenvalue weighted by atomic mass is 16.5. The monoisotopic (exact) mass is 276 g/mol. The summed E-state index contributed by atoms with van der Waals surface area (Å²) in [6, 6.07) is 11.7. The van der Waals surface area contributed by atoms with E-state index >= 15 is 0 Å². The molecule has 3 nitrogen and oxygen atoms in total. The van der Waals surface area contributed by atoms with E-state index in [4.69, 9.17) is 4.74 Å². The van der Waals surface area contributed by atoms with Crippen molar-refractivity contribution >= 4 is 6.02 Å². The minimum Gasteiger partial charge on any atom is -0.462 e. The highest BCUT2D eigenvalue weighted by molar-refractivity contribution is 5.74. The summed E-state index contributed by atoms with van der Waals surface area (Å²) in [4.78, 5) is 4.50. The minimum atomic E-state index is 0.152. The largest absolute Gasteiger partial charge is 0.462 e. The Morgan fingerprint density at radius 3 is 2.30 bits per heavy atom. The zero-order valence-electron chi connectivity index (χ0n) is 13.4. The lowest BCUT2D eigenvalue weighted by Crippen LogP contribution is -2.35. The maximum Gasteiger partial charge on any atom is 0.285 e. The van der Waals surface area contributed by atoms with Crippen LogP contribution in [0.5, 0.6) is 0 Å². The first-order valence-electron chi connectivity index (χ1n) is 7.52. The highest BCUT2D eigenvalue weighted by Crippen LogP contribution is 2.07. The maximum atomic E-state index is 5.93. The summed E-state index contributed by atoms with van der Waals surface area (Å²) in [5, 5.41) is 3.27. The Morgan fingerprint density at radius 2 is 1.75 bits per heavy atom. The molecular weight excluding hydrogens is 248 g/mol. The Bertz CT molecular complexity index is 399. The molecule has 0 aliphatic heterocycles. The van der Waals surface area contributed by atoms with Gasteiger partial charge in [-0.1, -0.05) is 30.3 Å². The van der Waals surface area contributed by atoms with Crippen molar-refractivity contribution < 1.29 is 4.74 Å². The molecule has 1 atom stereocenters. The van der Waals surface area contributed by atoms with Crippen LogP contribution in [0.4, 0.5) is 0 Å². The van der Waals surface area contributed by atoms with Gasteiger partial charge in [-0.05, 0) is 53.0 Å². The SMILES string of the molecule is CC(C)N=C(NC(C)C)OC(C)CCc1ccccc1. The number of benzene rings is 1. The summed E-state index contributed by atoms with van der Waals surface area (Å²) in [5.74, 6) is 0. The lowest BCUT2D eigenvalue weighted by molar-refractivity contribution is 0.184. The molecule has 0 saturated carbocycles. The molecule has 0 saturated heterocycles. The van der Waals surface area contributed by atoms with Gasteiger partial charge in [-0.3, -0.25) is 0 Å². The molecule has 0 fully saturated rings. The molecule has 1 rings (SSSR count). The second-order valence-electron chi connectivity index (χ2n) is 5.78. The van der Waals surface area contributed by atoms with E-state index in [1.807, 2.05) is 6.07 Å². The van der Waals surface area contributed by atoms with Gasteiger partial charge < -0.3 is 10.1 Å². The van der Waals surface area contributed by atoms with E-state index in [2.05, 4.69) is 69.2 Å². The van der Waals surface area contributed by atoms with Gasteiger partial charge in [-0.25, -0.2) is 4.99 Å². The summed E-state index contributed by atoms with van der Waals surface area (Å²) in [6.45, 7) is 10.4. The molecule has 3 heteroatoms. The van der Waals surface area contributed by atoms with E-state index in [0.717, 1.165) is 12.8 Å². The van der Waals surface area contributed by atoms with Gasteiger partial charge in [0, 0.05) is 12.1 Å². The number of rotatable bonds is 6. The molecule has 0 radical (unpaired) electrons. The number of amidine groups is 1. The number of hydrogen-bond donors (Lipinski definition) is 1. The number of hydrogen-bond acceptors (Lipinski definition) is 2. The van der Waals surface area contributed by atoms with Gasteiger partial charge in [0.1, 0.15) is 0 Å². The van der Waals surface area contributed by atoms with Gasteiger partial charge in [0.15, 0.2) is 0 Å². The Kier molecular flexibility index (Phi) is 7.13. The van der Waals surface area contributed by atoms with Gasteiger partial charge in [0.2, 0.25) is 0 Å². The predicted octanol–water partition coefficient (Wildman–Crippen LogP) is 3.79. The summed E-state index contributed by atoms with van der Waals surface area (Å²) >= 11 is 0. The zero-order chi connectivity index (χ0) is 15.0. The van der Waals surface area contributed by atoms with Crippen LogP contribution in [-0.2, 0) is 11.2 Å². The first-order chi connectivity index (χ1) is 9.47. The smallest absolute Gasteiger partial charge is 0.285 e. The molecule has 1 aromatic carbocycles. The molecule has 1 N–H and O–H groups in total. The van der Waals surface area contributed by atoms with Crippen LogP contribution in [0.2, 0.25) is 0 Å². The lowest BCUT2D eigenvalue weighted by Gasteiger charge is -2.19. The molecule has 0 aliphatic carbocycles. The number of nitrogens with one attached hydrogen (secondary N) is 1. The molecule has 1 aromatic rings. The quantitative estimate of drug-likeness (QED) is 0.633. The summed E-state index contributed by atoms with van der Waals surface area (Å²) in [6.07, 6.45) is 2.17. The van der Waals surface area contributed by atoms with E-state index in [-0.39, 0.29) is 12.1 Å². The van der Waals surface area contributed by atoms with Crippen LogP contribution in [0, 0.1) is 0 Å². The molecule has 112 valence electrons. The van der Waals surface area contributed by atoms with Crippen LogP contribution < -0.4 is 5.32 Å². The zero-order valence-corrected chi connectivity index (χ0v) is 13.4. The Balaban J connectivity index is 2.47. The average molecular weight is 276 g/mol. The lowest BCUT2D eigenvalue weighted by atomic mass is 10.1. The molecule has 20 heavy (non-hydrogen) atoms. The minimum absolute atomic E-state index is 0.152. The maximum absolute atomic E-state index is 5.93. The second-order valence-corrected chi connectivity index (χ2v) is 5.78. The average Bonchev–Trinajstić information content (AvgIpc) is 2.36. The predicted molar refractivity (Wildman–Crippen MR) is 86.2 cm³/mol. The Labute approximate surface area is 123 Å². The molecule has 0 heterocycles. The van der Waals surface area contributed by atoms with Crippen molar-refractivity contribution in [3.8, 4) is 0 Å². The molecule has 1 unspecified atom stereocenters. The fourth-order valence-electron chi connectivity index (χ4n) is 1.85. The topological polar surface area (TPSA) is 33.6 Å². The molecule has 0 spiro atoms. The van der Waals surface area contributed by atoms with Crippen molar-refractivity contribution in [3.05, 3.63) is 35.9 Å². The fraction of sp³-hybridized carbons (Fsp3) is 0.588. The van der Waals surface area contributed by atoms with Gasteiger partial charge in [0.25, 0.3) is 6.02 Å². The number of aliphatic imine (C=N–C) groups is 1. The van der Waals surface area contributed by atoms with Gasteiger partial charge in [-0.15, -0.1) is 0 Å². The van der Waals surface area contributed by atoms with E-state index in [1.165, 1.54) is 5.56 Å². The van der Waals surface area contributed by atoms with Crippen LogP contribution in [0.25, 0.3) is 0 Å². The number of aryl methyl sites for hydroxylation is 1. The molecule has 0 bridgehead atoms. The van der Waals surface area contributed by atoms with Crippen LogP contribution >= 0.6 is 0 Å². The van der Waals surface area contributed by atoms with Crippen molar-refractivity contribution in [2.75, 3.05) is 0 Å². The van der Waals surface area contributed by atoms with E-state index in [1.54, 1.807) is 0 Å². The number of ether oxygens (including phenoxy) is 1. The molecular formula is C17H28N2O. The van der Waals surface area contributed by atoms with Crippen molar-refractivity contribution in [1.29, 1.82) is 0 Å².